The summed E-state index contributed by atoms with van der Waals surface area (Å²) in [5.74, 6) is 0.262. The van der Waals surface area contributed by atoms with E-state index in [1.54, 1.807) is 16.8 Å². The first-order chi connectivity index (χ1) is 17.1. The number of H-pyrrole nitrogens is 1. The van der Waals surface area contributed by atoms with Crippen LogP contribution in [-0.4, -0.2) is 31.7 Å². The Labute approximate surface area is 200 Å². The number of benzene rings is 3. The molecule has 8 heteroatoms. The fraction of sp³-hybridized carbons (Fsp3) is 0.185. The predicted molar refractivity (Wildman–Crippen MR) is 132 cm³/mol. The van der Waals surface area contributed by atoms with Crippen LogP contribution in [0.15, 0.2) is 77.6 Å². The summed E-state index contributed by atoms with van der Waals surface area (Å²) in [4.78, 5) is 18.7. The second-order valence-corrected chi connectivity index (χ2v) is 8.94. The first-order valence-corrected chi connectivity index (χ1v) is 11.6. The minimum Gasteiger partial charge on any atom is -0.357 e. The molecule has 3 heterocycles. The maximum absolute atomic E-state index is 13.5. The van der Waals surface area contributed by atoms with Crippen LogP contribution in [0.4, 0.5) is 10.1 Å². The van der Waals surface area contributed by atoms with Gasteiger partial charge in [0.2, 0.25) is 0 Å². The summed E-state index contributed by atoms with van der Waals surface area (Å²) in [7, 11) is 0. The Morgan fingerprint density at radius 1 is 1.06 bits per heavy atom. The summed E-state index contributed by atoms with van der Waals surface area (Å²) in [5.41, 5.74) is 5.44. The molecule has 5 aromatic rings. The van der Waals surface area contributed by atoms with Crippen molar-refractivity contribution >= 4 is 16.6 Å². The molecule has 6 rings (SSSR count). The predicted octanol–water partition coefficient (Wildman–Crippen LogP) is 4.16. The molecule has 0 aliphatic carbocycles. The van der Waals surface area contributed by atoms with Crippen molar-refractivity contribution in [2.45, 2.75) is 25.9 Å². The molecule has 0 unspecified atom stereocenters. The van der Waals surface area contributed by atoms with Crippen molar-refractivity contribution in [3.05, 3.63) is 117 Å². The van der Waals surface area contributed by atoms with Crippen LogP contribution in [0.1, 0.15) is 34.1 Å². The molecule has 0 radical (unpaired) electrons. The fourth-order valence-electron chi connectivity index (χ4n) is 4.90. The van der Waals surface area contributed by atoms with Crippen molar-refractivity contribution in [3.8, 4) is 0 Å². The monoisotopic (exact) mass is 466 g/mol. The average molecular weight is 467 g/mol. The first kappa shape index (κ1) is 21.2. The van der Waals surface area contributed by atoms with Crippen molar-refractivity contribution in [3.63, 3.8) is 0 Å². The van der Waals surface area contributed by atoms with E-state index in [4.69, 9.17) is 0 Å². The lowest BCUT2D eigenvalue weighted by molar-refractivity contribution is 0.576. The van der Waals surface area contributed by atoms with E-state index in [2.05, 4.69) is 37.5 Å². The Balaban J connectivity index is 1.51. The summed E-state index contributed by atoms with van der Waals surface area (Å²) in [6.45, 7) is 3.09. The zero-order chi connectivity index (χ0) is 23.9. The van der Waals surface area contributed by atoms with Gasteiger partial charge in [0.1, 0.15) is 11.9 Å². The molecule has 0 spiro atoms. The Bertz CT molecular complexity index is 1590. The number of pyridine rings is 1. The van der Waals surface area contributed by atoms with Gasteiger partial charge in [-0.25, -0.2) is 9.07 Å². The minimum absolute atomic E-state index is 0.172. The van der Waals surface area contributed by atoms with E-state index in [-0.39, 0.29) is 11.4 Å². The average Bonchev–Trinajstić information content (AvgIpc) is 3.49. The molecule has 7 nitrogen and oxygen atoms in total. The Kier molecular flexibility index (Phi) is 5.13. The summed E-state index contributed by atoms with van der Waals surface area (Å²) in [6, 6.07) is 21.9. The highest BCUT2D eigenvalue weighted by Crippen LogP contribution is 2.37. The standard InChI is InChI=1S/C27H23FN6O/c1-17-6-9-20-15-22(27(35)29-23(20)14-17)25(33-13-12-19-4-2-3-5-24(19)33)26-30-31-32-34(26)16-18-7-10-21(28)11-8-18/h2-11,14-15,25H,12-13,16H2,1H3,(H,29,35)/t25-/m0/s1. The number of para-hydroxylation sites is 1. The molecule has 1 aliphatic heterocycles. The number of aromatic nitrogens is 5. The first-order valence-electron chi connectivity index (χ1n) is 11.6. The molecule has 1 N–H and O–H groups in total. The van der Waals surface area contributed by atoms with Crippen LogP contribution in [0, 0.1) is 12.7 Å². The number of tetrazole rings is 1. The molecule has 0 fully saturated rings. The van der Waals surface area contributed by atoms with Crippen LogP contribution in [-0.2, 0) is 13.0 Å². The SMILES string of the molecule is Cc1ccc2cc([C@@H](c3nnnn3Cc3ccc(F)cc3)N3CCc4ccccc43)c(=O)[nH]c2c1. The Morgan fingerprint density at radius 3 is 2.74 bits per heavy atom. The van der Waals surface area contributed by atoms with Crippen LogP contribution in [0.2, 0.25) is 0 Å². The number of hydrogen-bond donors (Lipinski definition) is 1. The quantitative estimate of drug-likeness (QED) is 0.421. The van der Waals surface area contributed by atoms with Crippen LogP contribution in [0.25, 0.3) is 10.9 Å². The van der Waals surface area contributed by atoms with E-state index < -0.39 is 6.04 Å². The normalized spacial score (nSPS) is 13.8. The van der Waals surface area contributed by atoms with E-state index in [0.717, 1.165) is 40.7 Å². The zero-order valence-electron chi connectivity index (χ0n) is 19.1. The highest BCUT2D eigenvalue weighted by molar-refractivity contribution is 5.80. The number of anilines is 1. The van der Waals surface area contributed by atoms with Crippen molar-refractivity contribution in [2.75, 3.05) is 11.4 Å². The lowest BCUT2D eigenvalue weighted by atomic mass is 10.0. The second-order valence-electron chi connectivity index (χ2n) is 8.94. The molecule has 3 aromatic carbocycles. The van der Waals surface area contributed by atoms with Gasteiger partial charge in [-0.2, -0.15) is 0 Å². The van der Waals surface area contributed by atoms with Crippen molar-refractivity contribution in [2.24, 2.45) is 0 Å². The molecular weight excluding hydrogens is 443 g/mol. The minimum atomic E-state index is -0.497. The number of nitrogens with zero attached hydrogens (tertiary/aromatic N) is 5. The number of rotatable bonds is 5. The van der Waals surface area contributed by atoms with E-state index in [0.29, 0.717) is 17.9 Å². The molecule has 2 aromatic heterocycles. The third kappa shape index (κ3) is 3.86. The number of halogens is 1. The van der Waals surface area contributed by atoms with Crippen LogP contribution >= 0.6 is 0 Å². The maximum Gasteiger partial charge on any atom is 0.254 e. The summed E-state index contributed by atoms with van der Waals surface area (Å²) in [6.07, 6.45) is 0.872. The van der Waals surface area contributed by atoms with Crippen molar-refractivity contribution in [1.29, 1.82) is 0 Å². The summed E-state index contributed by atoms with van der Waals surface area (Å²) in [5, 5.41) is 13.5. The summed E-state index contributed by atoms with van der Waals surface area (Å²) >= 11 is 0. The number of aromatic amines is 1. The topological polar surface area (TPSA) is 79.7 Å². The smallest absolute Gasteiger partial charge is 0.254 e. The van der Waals surface area contributed by atoms with Crippen LogP contribution in [0.5, 0.6) is 0 Å². The second kappa shape index (κ2) is 8.47. The van der Waals surface area contributed by atoms with Gasteiger partial charge in [0.05, 0.1) is 6.54 Å². The lowest BCUT2D eigenvalue weighted by Gasteiger charge is -2.29. The lowest BCUT2D eigenvalue weighted by Crippen LogP contribution is -2.34. The molecule has 0 saturated heterocycles. The largest absolute Gasteiger partial charge is 0.357 e. The van der Waals surface area contributed by atoms with Crippen molar-refractivity contribution < 1.29 is 4.39 Å². The van der Waals surface area contributed by atoms with Gasteiger partial charge in [-0.05, 0) is 76.2 Å². The molecule has 0 bridgehead atoms. The summed E-state index contributed by atoms with van der Waals surface area (Å²) < 4.78 is 15.1. The molecule has 1 atom stereocenters. The molecule has 0 saturated carbocycles. The molecule has 1 aliphatic rings. The van der Waals surface area contributed by atoms with Crippen LogP contribution < -0.4 is 10.5 Å². The van der Waals surface area contributed by atoms with Gasteiger partial charge in [0, 0.05) is 23.3 Å². The Morgan fingerprint density at radius 2 is 1.89 bits per heavy atom. The van der Waals surface area contributed by atoms with Gasteiger partial charge in [-0.1, -0.05) is 42.5 Å². The van der Waals surface area contributed by atoms with Crippen LogP contribution in [0.3, 0.4) is 0 Å². The van der Waals surface area contributed by atoms with E-state index in [9.17, 15) is 9.18 Å². The Hall–Kier alpha value is -4.33. The highest BCUT2D eigenvalue weighted by atomic mass is 19.1. The van der Waals surface area contributed by atoms with E-state index >= 15 is 0 Å². The van der Waals surface area contributed by atoms with E-state index in [1.807, 2.05) is 43.3 Å². The maximum atomic E-state index is 13.5. The molecule has 35 heavy (non-hydrogen) atoms. The van der Waals surface area contributed by atoms with Gasteiger partial charge in [-0.3, -0.25) is 4.79 Å². The van der Waals surface area contributed by atoms with E-state index in [1.165, 1.54) is 17.7 Å². The van der Waals surface area contributed by atoms with Crippen molar-refractivity contribution in [1.82, 2.24) is 25.2 Å². The van der Waals surface area contributed by atoms with Gasteiger partial charge >= 0.3 is 0 Å². The van der Waals surface area contributed by atoms with Gasteiger partial charge in [0.25, 0.3) is 5.56 Å². The number of fused-ring (bicyclic) bond motifs is 2. The number of aryl methyl sites for hydroxylation is 1. The number of hydrogen-bond acceptors (Lipinski definition) is 5. The highest BCUT2D eigenvalue weighted by Gasteiger charge is 2.34. The zero-order valence-corrected chi connectivity index (χ0v) is 19.1. The third-order valence-corrected chi connectivity index (χ3v) is 6.61. The van der Waals surface area contributed by atoms with Gasteiger partial charge in [-0.15, -0.1) is 5.10 Å². The molecule has 174 valence electrons. The van der Waals surface area contributed by atoms with Gasteiger partial charge < -0.3 is 9.88 Å². The fourth-order valence-corrected chi connectivity index (χ4v) is 4.90. The van der Waals surface area contributed by atoms with Gasteiger partial charge in [0.15, 0.2) is 5.82 Å². The molecular formula is C27H23FN6O. The number of nitrogens with one attached hydrogen (secondary N) is 1. The molecule has 0 amide bonds. The third-order valence-electron chi connectivity index (χ3n) is 6.61.